The van der Waals surface area contributed by atoms with Gasteiger partial charge in [-0.25, -0.2) is 4.79 Å². The molecule has 1 heterocycles. The van der Waals surface area contributed by atoms with Crippen LogP contribution in [0.1, 0.15) is 26.2 Å². The molecular weight excluding hydrogens is 192 g/mol. The zero-order valence-corrected chi connectivity index (χ0v) is 9.28. The van der Waals surface area contributed by atoms with Crippen LogP contribution < -0.4 is 5.32 Å². The first kappa shape index (κ1) is 12.0. The van der Waals surface area contributed by atoms with Gasteiger partial charge >= 0.3 is 5.97 Å². The molecule has 0 bridgehead atoms. The summed E-state index contributed by atoms with van der Waals surface area (Å²) in [5.41, 5.74) is 0. The van der Waals surface area contributed by atoms with Gasteiger partial charge in [-0.2, -0.15) is 0 Å². The Labute approximate surface area is 91.0 Å². The SMILES string of the molecule is CC(CN/C=C/C(=O)O)N1CCCCC1. The lowest BCUT2D eigenvalue weighted by molar-refractivity contribution is -0.131. The monoisotopic (exact) mass is 212 g/mol. The summed E-state index contributed by atoms with van der Waals surface area (Å²) in [5.74, 6) is -0.909. The third kappa shape index (κ3) is 4.83. The Bertz CT molecular complexity index is 223. The van der Waals surface area contributed by atoms with E-state index in [1.165, 1.54) is 38.6 Å². The minimum Gasteiger partial charge on any atom is -0.478 e. The van der Waals surface area contributed by atoms with Gasteiger partial charge in [-0.15, -0.1) is 0 Å². The first-order chi connectivity index (χ1) is 7.20. The first-order valence-electron chi connectivity index (χ1n) is 5.57. The van der Waals surface area contributed by atoms with Gasteiger partial charge < -0.3 is 10.4 Å². The van der Waals surface area contributed by atoms with Crippen molar-refractivity contribution in [3.8, 4) is 0 Å². The Morgan fingerprint density at radius 1 is 1.47 bits per heavy atom. The molecule has 1 aliphatic heterocycles. The topological polar surface area (TPSA) is 52.6 Å². The smallest absolute Gasteiger partial charge is 0.329 e. The molecule has 0 spiro atoms. The number of nitrogens with zero attached hydrogens (tertiary/aromatic N) is 1. The van der Waals surface area contributed by atoms with Crippen molar-refractivity contribution in [2.75, 3.05) is 19.6 Å². The van der Waals surface area contributed by atoms with Crippen molar-refractivity contribution < 1.29 is 9.90 Å². The molecule has 1 unspecified atom stereocenters. The first-order valence-corrected chi connectivity index (χ1v) is 5.57. The zero-order valence-electron chi connectivity index (χ0n) is 9.28. The second-order valence-corrected chi connectivity index (χ2v) is 4.03. The largest absolute Gasteiger partial charge is 0.478 e. The molecule has 0 saturated carbocycles. The van der Waals surface area contributed by atoms with Crippen LogP contribution in [-0.4, -0.2) is 41.7 Å². The molecule has 0 aromatic carbocycles. The third-order valence-electron chi connectivity index (χ3n) is 2.77. The average Bonchev–Trinajstić information content (AvgIpc) is 2.25. The van der Waals surface area contributed by atoms with Crippen LogP contribution in [0.4, 0.5) is 0 Å². The van der Waals surface area contributed by atoms with Gasteiger partial charge in [0.05, 0.1) is 0 Å². The number of nitrogens with one attached hydrogen (secondary N) is 1. The molecular formula is C11H20N2O2. The van der Waals surface area contributed by atoms with Crippen LogP contribution in [0.2, 0.25) is 0 Å². The number of carbonyl (C=O) groups is 1. The van der Waals surface area contributed by atoms with Crippen molar-refractivity contribution in [2.45, 2.75) is 32.2 Å². The summed E-state index contributed by atoms with van der Waals surface area (Å²) in [6.45, 7) is 5.33. The van der Waals surface area contributed by atoms with Crippen LogP contribution in [-0.2, 0) is 4.79 Å². The molecule has 0 aromatic heterocycles. The van der Waals surface area contributed by atoms with E-state index in [0.29, 0.717) is 6.04 Å². The summed E-state index contributed by atoms with van der Waals surface area (Å²) in [6, 6.07) is 0.476. The quantitative estimate of drug-likeness (QED) is 0.669. The van der Waals surface area contributed by atoms with E-state index < -0.39 is 5.97 Å². The molecule has 0 aliphatic carbocycles. The van der Waals surface area contributed by atoms with Crippen molar-refractivity contribution in [3.63, 3.8) is 0 Å². The van der Waals surface area contributed by atoms with Crippen molar-refractivity contribution in [3.05, 3.63) is 12.3 Å². The molecule has 2 N–H and O–H groups in total. The fraction of sp³-hybridized carbons (Fsp3) is 0.727. The lowest BCUT2D eigenvalue weighted by Gasteiger charge is -2.32. The molecule has 0 radical (unpaired) electrons. The Hall–Kier alpha value is -1.03. The van der Waals surface area contributed by atoms with Gasteiger partial charge in [0.15, 0.2) is 0 Å². The van der Waals surface area contributed by atoms with Gasteiger partial charge in [-0.05, 0) is 32.9 Å². The minimum atomic E-state index is -0.909. The summed E-state index contributed by atoms with van der Waals surface area (Å²) in [6.07, 6.45) is 6.55. The van der Waals surface area contributed by atoms with Gasteiger partial charge in [0.25, 0.3) is 0 Å². The van der Waals surface area contributed by atoms with E-state index >= 15 is 0 Å². The van der Waals surface area contributed by atoms with Gasteiger partial charge in [-0.3, -0.25) is 4.90 Å². The highest BCUT2D eigenvalue weighted by Crippen LogP contribution is 2.11. The minimum absolute atomic E-state index is 0.476. The number of carboxylic acid groups (broad SMARTS) is 1. The van der Waals surface area contributed by atoms with E-state index in [1.807, 2.05) is 0 Å². The Balaban J connectivity index is 2.17. The van der Waals surface area contributed by atoms with Gasteiger partial charge in [-0.1, -0.05) is 6.42 Å². The van der Waals surface area contributed by atoms with Crippen LogP contribution in [0.5, 0.6) is 0 Å². The van der Waals surface area contributed by atoms with Gasteiger partial charge in [0.1, 0.15) is 0 Å². The molecule has 1 rings (SSSR count). The summed E-state index contributed by atoms with van der Waals surface area (Å²) in [7, 11) is 0. The second kappa shape index (κ2) is 6.45. The molecule has 0 amide bonds. The molecule has 0 aromatic rings. The number of piperidine rings is 1. The van der Waals surface area contributed by atoms with Crippen molar-refractivity contribution in [1.29, 1.82) is 0 Å². The van der Waals surface area contributed by atoms with Crippen LogP contribution in [0.15, 0.2) is 12.3 Å². The number of hydrogen-bond acceptors (Lipinski definition) is 3. The normalized spacial score (nSPS) is 20.3. The van der Waals surface area contributed by atoms with Gasteiger partial charge in [0, 0.05) is 24.9 Å². The van der Waals surface area contributed by atoms with Gasteiger partial charge in [0.2, 0.25) is 0 Å². The highest BCUT2D eigenvalue weighted by molar-refractivity contribution is 5.79. The van der Waals surface area contributed by atoms with E-state index in [4.69, 9.17) is 5.11 Å². The summed E-state index contributed by atoms with van der Waals surface area (Å²) < 4.78 is 0. The van der Waals surface area contributed by atoms with E-state index in [0.717, 1.165) is 12.6 Å². The highest BCUT2D eigenvalue weighted by atomic mass is 16.4. The van der Waals surface area contributed by atoms with Crippen LogP contribution in [0, 0.1) is 0 Å². The standard InChI is InChI=1S/C11H20N2O2/c1-10(9-12-6-5-11(14)15)13-7-3-2-4-8-13/h5-6,10,12H,2-4,7-9H2,1H3,(H,14,15)/b6-5+. The van der Waals surface area contributed by atoms with E-state index in [2.05, 4.69) is 17.1 Å². The number of carboxylic acids is 1. The summed E-state index contributed by atoms with van der Waals surface area (Å²) in [5, 5.41) is 11.4. The average molecular weight is 212 g/mol. The maximum atomic E-state index is 10.2. The molecule has 4 heteroatoms. The van der Waals surface area contributed by atoms with Crippen LogP contribution in [0.25, 0.3) is 0 Å². The number of rotatable bonds is 5. The van der Waals surface area contributed by atoms with Crippen molar-refractivity contribution >= 4 is 5.97 Å². The number of likely N-dealkylation sites (tertiary alicyclic amines) is 1. The van der Waals surface area contributed by atoms with E-state index in [-0.39, 0.29) is 0 Å². The molecule has 1 atom stereocenters. The predicted molar refractivity (Wildman–Crippen MR) is 59.7 cm³/mol. The van der Waals surface area contributed by atoms with Crippen LogP contribution >= 0.6 is 0 Å². The summed E-state index contributed by atoms with van der Waals surface area (Å²) >= 11 is 0. The third-order valence-corrected chi connectivity index (χ3v) is 2.77. The lowest BCUT2D eigenvalue weighted by atomic mass is 10.1. The maximum absolute atomic E-state index is 10.2. The Morgan fingerprint density at radius 2 is 2.13 bits per heavy atom. The number of hydrogen-bond donors (Lipinski definition) is 2. The number of aliphatic carboxylic acids is 1. The zero-order chi connectivity index (χ0) is 11.1. The molecule has 15 heavy (non-hydrogen) atoms. The summed E-state index contributed by atoms with van der Waals surface area (Å²) in [4.78, 5) is 12.7. The Kier molecular flexibility index (Phi) is 5.18. The molecule has 1 fully saturated rings. The fourth-order valence-corrected chi connectivity index (χ4v) is 1.86. The highest BCUT2D eigenvalue weighted by Gasteiger charge is 2.15. The molecule has 86 valence electrons. The maximum Gasteiger partial charge on any atom is 0.329 e. The Morgan fingerprint density at radius 3 is 2.73 bits per heavy atom. The van der Waals surface area contributed by atoms with Crippen LogP contribution in [0.3, 0.4) is 0 Å². The van der Waals surface area contributed by atoms with Crippen molar-refractivity contribution in [1.82, 2.24) is 10.2 Å². The van der Waals surface area contributed by atoms with Crippen molar-refractivity contribution in [2.24, 2.45) is 0 Å². The van der Waals surface area contributed by atoms with E-state index in [9.17, 15) is 4.79 Å². The second-order valence-electron chi connectivity index (χ2n) is 4.03. The fourth-order valence-electron chi connectivity index (χ4n) is 1.86. The predicted octanol–water partition coefficient (Wildman–Crippen LogP) is 1.05. The lowest BCUT2D eigenvalue weighted by Crippen LogP contribution is -2.42. The molecule has 4 nitrogen and oxygen atoms in total. The molecule has 1 saturated heterocycles. The van der Waals surface area contributed by atoms with E-state index in [1.54, 1.807) is 0 Å². The molecule has 1 aliphatic rings.